The Bertz CT molecular complexity index is 1180. The molecule has 0 aliphatic heterocycles. The van der Waals surface area contributed by atoms with Crippen molar-refractivity contribution in [3.05, 3.63) is 52.2 Å². The van der Waals surface area contributed by atoms with Crippen molar-refractivity contribution in [2.45, 2.75) is 49.0 Å². The van der Waals surface area contributed by atoms with Gasteiger partial charge in [-0.05, 0) is 30.4 Å². The third kappa shape index (κ3) is 7.36. The maximum Gasteiger partial charge on any atom is 0.408 e. The van der Waals surface area contributed by atoms with Gasteiger partial charge in [-0.15, -0.1) is 11.3 Å². The van der Waals surface area contributed by atoms with Gasteiger partial charge in [-0.3, -0.25) is 10.1 Å². The zero-order chi connectivity index (χ0) is 25.9. The molecule has 0 radical (unpaired) electrons. The minimum atomic E-state index is -4.86. The first kappa shape index (κ1) is 26.8. The number of carbonyl (C=O) groups excluding carboxylic acids is 1. The molecule has 7 nitrogen and oxygen atoms in total. The number of hydrogen-bond donors (Lipinski definition) is 2. The van der Waals surface area contributed by atoms with E-state index in [1.165, 1.54) is 35.7 Å². The zero-order valence-corrected chi connectivity index (χ0v) is 19.5. The lowest BCUT2D eigenvalue weighted by atomic mass is 10.1. The van der Waals surface area contributed by atoms with E-state index in [1.54, 1.807) is 0 Å². The lowest BCUT2D eigenvalue weighted by molar-refractivity contribution is -0.159. The van der Waals surface area contributed by atoms with Crippen LogP contribution in [0.5, 0.6) is 5.75 Å². The zero-order valence-electron chi connectivity index (χ0n) is 17.9. The van der Waals surface area contributed by atoms with Crippen LogP contribution in [-0.2, 0) is 20.4 Å². The molecule has 1 heterocycles. The normalized spacial score (nSPS) is 16.8. The molecule has 14 heteroatoms. The van der Waals surface area contributed by atoms with Crippen molar-refractivity contribution in [2.75, 3.05) is 5.75 Å². The highest BCUT2D eigenvalue weighted by Crippen LogP contribution is 2.37. The molecule has 35 heavy (non-hydrogen) atoms. The Hall–Kier alpha value is -2.76. The third-order valence-corrected chi connectivity index (χ3v) is 7.68. The van der Waals surface area contributed by atoms with Gasteiger partial charge in [-0.1, -0.05) is 24.3 Å². The van der Waals surface area contributed by atoms with Crippen LogP contribution >= 0.6 is 11.3 Å². The number of amides is 1. The van der Waals surface area contributed by atoms with Crippen molar-refractivity contribution < 1.29 is 39.9 Å². The van der Waals surface area contributed by atoms with E-state index in [1.807, 2.05) is 6.07 Å². The lowest BCUT2D eigenvalue weighted by Crippen LogP contribution is -2.54. The predicted octanol–water partition coefficient (Wildman–Crippen LogP) is 3.70. The summed E-state index contributed by atoms with van der Waals surface area (Å²) < 4.78 is 96.9. The molecule has 1 unspecified atom stereocenters. The molecule has 1 aliphatic carbocycles. The highest BCUT2D eigenvalue weighted by Gasteiger charge is 2.48. The van der Waals surface area contributed by atoms with Crippen LogP contribution in [0.15, 0.2) is 41.8 Å². The van der Waals surface area contributed by atoms with E-state index in [9.17, 15) is 40.4 Å². The molecular weight excluding hydrogens is 517 g/mol. The molecule has 1 aliphatic rings. The topological polar surface area (TPSA) is 108 Å². The highest BCUT2D eigenvalue weighted by molar-refractivity contribution is 7.90. The Morgan fingerprint density at radius 3 is 2.43 bits per heavy atom. The fourth-order valence-corrected chi connectivity index (χ4v) is 5.69. The Labute approximate surface area is 201 Å². The average molecular weight is 538 g/mol. The molecule has 2 aromatic rings. The summed E-state index contributed by atoms with van der Waals surface area (Å²) in [4.78, 5) is 12.7. The Kier molecular flexibility index (Phi) is 8.03. The van der Waals surface area contributed by atoms with Gasteiger partial charge in [0.05, 0.1) is 17.6 Å². The number of halogens is 5. The summed E-state index contributed by atoms with van der Waals surface area (Å²) in [5.74, 6) is -3.44. The van der Waals surface area contributed by atoms with Crippen LogP contribution < -0.4 is 15.4 Å². The number of nitriles is 1. The summed E-state index contributed by atoms with van der Waals surface area (Å²) in [5.41, 5.74) is -1.40. The smallest absolute Gasteiger partial charge is 0.408 e. The van der Waals surface area contributed by atoms with Crippen LogP contribution in [0.2, 0.25) is 0 Å². The van der Waals surface area contributed by atoms with Gasteiger partial charge in [0, 0.05) is 10.4 Å². The largest absolute Gasteiger partial charge is 0.435 e. The molecule has 190 valence electrons. The van der Waals surface area contributed by atoms with Crippen LogP contribution in [0.4, 0.5) is 22.0 Å². The minimum absolute atomic E-state index is 0.145. The molecular formula is C21H20F5N3O4S2. The molecule has 1 fully saturated rings. The summed E-state index contributed by atoms with van der Waals surface area (Å²) in [5, 5.41) is 15.0. The average Bonchev–Trinajstić information content (AvgIpc) is 3.31. The number of ether oxygens (including phenoxy) is 1. The van der Waals surface area contributed by atoms with Gasteiger partial charge in [0.1, 0.15) is 23.4 Å². The second kappa shape index (κ2) is 10.5. The molecule has 2 N–H and O–H groups in total. The number of nitrogens with zero attached hydrogens (tertiary/aromatic N) is 1. The molecule has 1 saturated carbocycles. The van der Waals surface area contributed by atoms with Crippen LogP contribution in [0, 0.1) is 11.3 Å². The number of benzene rings is 1. The second-order valence-corrected chi connectivity index (χ2v) is 11.0. The van der Waals surface area contributed by atoms with Gasteiger partial charge in [-0.25, -0.2) is 8.42 Å². The molecule has 0 spiro atoms. The number of rotatable bonds is 11. The van der Waals surface area contributed by atoms with Crippen molar-refractivity contribution in [2.24, 2.45) is 0 Å². The summed E-state index contributed by atoms with van der Waals surface area (Å²) in [7, 11) is -4.33. The van der Waals surface area contributed by atoms with Crippen LogP contribution in [0.3, 0.4) is 0 Å². The number of alkyl halides is 5. The van der Waals surface area contributed by atoms with Gasteiger partial charge in [-0.2, -0.15) is 27.2 Å². The SMILES string of the molecule is N#CC1(NC(=O)C(CS(=O)(=O)Cc2ccccc2OC(F)F)N[C@@H](c2cccs2)C(F)(F)F)CC1. The van der Waals surface area contributed by atoms with E-state index < -0.39 is 63.4 Å². The molecule has 0 bridgehead atoms. The minimum Gasteiger partial charge on any atom is -0.435 e. The Morgan fingerprint density at radius 1 is 1.20 bits per heavy atom. The maximum absolute atomic E-state index is 13.8. The van der Waals surface area contributed by atoms with Gasteiger partial charge in [0.25, 0.3) is 0 Å². The van der Waals surface area contributed by atoms with Crippen molar-refractivity contribution in [1.29, 1.82) is 5.26 Å². The number of thiophene rings is 1. The van der Waals surface area contributed by atoms with Crippen LogP contribution in [0.25, 0.3) is 0 Å². The van der Waals surface area contributed by atoms with Crippen LogP contribution in [-0.4, -0.2) is 44.4 Å². The van der Waals surface area contributed by atoms with Gasteiger partial charge < -0.3 is 10.1 Å². The fourth-order valence-electron chi connectivity index (χ4n) is 3.29. The standard InChI is InChI=1S/C21H20F5N3O4S2/c22-19(23)33-15-5-2-1-4-13(15)10-35(31,32)11-14(18(30)29-20(12-27)7-8-20)28-17(21(24,25)26)16-6-3-9-34-16/h1-6,9,14,17,19,28H,7-8,10-11H2,(H,29,30)/t14?,17-/m0/s1. The monoisotopic (exact) mass is 537 g/mol. The summed E-state index contributed by atoms with van der Waals surface area (Å²) in [6, 6.07) is 5.26. The van der Waals surface area contributed by atoms with E-state index in [2.05, 4.69) is 15.4 Å². The number of sulfone groups is 1. The summed E-state index contributed by atoms with van der Waals surface area (Å²) >= 11 is 0.766. The van der Waals surface area contributed by atoms with E-state index >= 15 is 0 Å². The summed E-state index contributed by atoms with van der Waals surface area (Å²) in [6.45, 7) is -3.22. The van der Waals surface area contributed by atoms with E-state index in [4.69, 9.17) is 0 Å². The second-order valence-electron chi connectivity index (χ2n) is 7.93. The predicted molar refractivity (Wildman–Crippen MR) is 116 cm³/mol. The van der Waals surface area contributed by atoms with E-state index in [0.29, 0.717) is 0 Å². The third-order valence-electron chi connectivity index (χ3n) is 5.15. The van der Waals surface area contributed by atoms with Crippen molar-refractivity contribution in [3.8, 4) is 11.8 Å². The van der Waals surface area contributed by atoms with Crippen molar-refractivity contribution in [3.63, 3.8) is 0 Å². The first-order valence-corrected chi connectivity index (χ1v) is 12.9. The quantitative estimate of drug-likeness (QED) is 0.424. The molecule has 2 atom stereocenters. The summed E-state index contributed by atoms with van der Waals surface area (Å²) in [6.07, 6.45) is -4.31. The van der Waals surface area contributed by atoms with Gasteiger partial charge in [0.2, 0.25) is 5.91 Å². The first-order valence-electron chi connectivity index (χ1n) is 10.2. The fraction of sp³-hybridized carbons (Fsp3) is 0.429. The van der Waals surface area contributed by atoms with Crippen LogP contribution in [0.1, 0.15) is 29.3 Å². The molecule has 3 rings (SSSR count). The van der Waals surface area contributed by atoms with E-state index in [-0.39, 0.29) is 23.3 Å². The highest BCUT2D eigenvalue weighted by atomic mass is 32.2. The number of carbonyl (C=O) groups is 1. The van der Waals surface area contributed by atoms with Crippen molar-refractivity contribution in [1.82, 2.24) is 10.6 Å². The Balaban J connectivity index is 1.87. The molecule has 0 saturated heterocycles. The number of para-hydroxylation sites is 1. The van der Waals surface area contributed by atoms with Gasteiger partial charge in [0.15, 0.2) is 9.84 Å². The first-order chi connectivity index (χ1) is 16.3. The number of nitrogens with one attached hydrogen (secondary N) is 2. The molecule has 1 aromatic heterocycles. The maximum atomic E-state index is 13.8. The molecule has 1 aromatic carbocycles. The Morgan fingerprint density at radius 2 is 1.89 bits per heavy atom. The lowest BCUT2D eigenvalue weighted by Gasteiger charge is -2.27. The van der Waals surface area contributed by atoms with Gasteiger partial charge >= 0.3 is 12.8 Å². The molecule has 1 amide bonds. The van der Waals surface area contributed by atoms with E-state index in [0.717, 1.165) is 17.4 Å². The van der Waals surface area contributed by atoms with Crippen molar-refractivity contribution >= 4 is 27.1 Å². The number of hydrogen-bond acceptors (Lipinski definition) is 7.